The lowest BCUT2D eigenvalue weighted by Crippen LogP contribution is -2.75. The minimum absolute atomic E-state index is 0.0372. The Morgan fingerprint density at radius 2 is 2.00 bits per heavy atom. The summed E-state index contributed by atoms with van der Waals surface area (Å²) in [6.45, 7) is 3.95. The number of nitriles is 1. The molecule has 2 heterocycles. The first kappa shape index (κ1) is 25.0. The Morgan fingerprint density at radius 3 is 2.69 bits per heavy atom. The number of carbonyl (C=O) groups is 2. The van der Waals surface area contributed by atoms with Crippen molar-refractivity contribution < 1.29 is 9.59 Å². The topological polar surface area (TPSA) is 107 Å². The molecule has 190 valence electrons. The molecule has 4 aliphatic carbocycles. The van der Waals surface area contributed by atoms with Gasteiger partial charge in [0.05, 0.1) is 38.8 Å². The van der Waals surface area contributed by atoms with E-state index in [2.05, 4.69) is 27.0 Å². The summed E-state index contributed by atoms with van der Waals surface area (Å²) in [5, 5.41) is 19.5. The number of nitrogens with zero attached hydrogens (tertiary/aromatic N) is 2. The van der Waals surface area contributed by atoms with Crippen LogP contribution in [0.1, 0.15) is 84.6 Å². The zero-order valence-electron chi connectivity index (χ0n) is 20.7. The van der Waals surface area contributed by atoms with Crippen molar-refractivity contribution in [1.29, 1.82) is 5.26 Å². The lowest BCUT2D eigenvalue weighted by Gasteiger charge is -2.67. The smallest absolute Gasteiger partial charge is 0.262 e. The summed E-state index contributed by atoms with van der Waals surface area (Å²) in [5.74, 6) is 0.123. The standard InChI is InChI=1S/C27H32ClN5O2S/c1-16-20(10-19(28)11-30-16)31-17(2)22-7-8-23(36-22)25(35)32-21(9-18-5-3-4-6-18)24(34)33-27-12-26(13-27,14-27)15-29/h7-8,10-11,17-18,21,31H,3-6,9,12-14H2,1-2H3,(H,32,35)(H,33,34). The SMILES string of the molecule is Cc1ncc(Cl)cc1NC(C)c1ccc(C(=O)NC(CC2CCCC2)C(=O)NC23CC(C#N)(C2)C3)s1. The van der Waals surface area contributed by atoms with Crippen LogP contribution in [0, 0.1) is 29.6 Å². The second-order valence-electron chi connectivity index (χ2n) is 11.0. The van der Waals surface area contributed by atoms with Crippen molar-refractivity contribution in [3.8, 4) is 6.07 Å². The normalized spacial score (nSPS) is 26.2. The van der Waals surface area contributed by atoms with Crippen molar-refractivity contribution >= 4 is 40.4 Å². The van der Waals surface area contributed by atoms with Crippen molar-refractivity contribution in [2.45, 2.75) is 82.8 Å². The van der Waals surface area contributed by atoms with Crippen LogP contribution in [-0.4, -0.2) is 28.4 Å². The van der Waals surface area contributed by atoms with E-state index in [0.29, 0.717) is 22.2 Å². The maximum atomic E-state index is 13.3. The van der Waals surface area contributed by atoms with E-state index in [1.807, 2.05) is 32.0 Å². The minimum Gasteiger partial charge on any atom is -0.376 e. The van der Waals surface area contributed by atoms with Crippen LogP contribution >= 0.6 is 22.9 Å². The summed E-state index contributed by atoms with van der Waals surface area (Å²) in [6, 6.07) is 7.39. The molecular formula is C27H32ClN5O2S. The van der Waals surface area contributed by atoms with Crippen molar-refractivity contribution in [3.05, 3.63) is 44.9 Å². The first-order chi connectivity index (χ1) is 17.2. The predicted octanol–water partition coefficient (Wildman–Crippen LogP) is 5.52. The quantitative estimate of drug-likeness (QED) is 0.399. The number of nitrogens with one attached hydrogen (secondary N) is 3. The number of carbonyl (C=O) groups excluding carboxylic acids is 2. The molecule has 4 saturated carbocycles. The van der Waals surface area contributed by atoms with E-state index in [1.54, 1.807) is 6.20 Å². The number of amides is 2. The van der Waals surface area contributed by atoms with Gasteiger partial charge >= 0.3 is 0 Å². The van der Waals surface area contributed by atoms with Gasteiger partial charge in [0.1, 0.15) is 6.04 Å². The molecule has 0 spiro atoms. The number of thiophene rings is 1. The lowest BCUT2D eigenvalue weighted by molar-refractivity contribution is -0.146. The van der Waals surface area contributed by atoms with Crippen LogP contribution in [0.4, 0.5) is 5.69 Å². The molecule has 0 aromatic carbocycles. The summed E-state index contributed by atoms with van der Waals surface area (Å²) in [5.41, 5.74) is 1.24. The fourth-order valence-corrected chi connectivity index (χ4v) is 7.16. The summed E-state index contributed by atoms with van der Waals surface area (Å²) in [6.07, 6.45) is 9.04. The summed E-state index contributed by atoms with van der Waals surface area (Å²) >= 11 is 7.51. The van der Waals surface area contributed by atoms with E-state index in [0.717, 1.165) is 48.4 Å². The van der Waals surface area contributed by atoms with Gasteiger partial charge in [0.2, 0.25) is 5.91 Å². The highest BCUT2D eigenvalue weighted by molar-refractivity contribution is 7.14. The molecule has 6 rings (SSSR count). The molecular weight excluding hydrogens is 494 g/mol. The second kappa shape index (κ2) is 9.68. The van der Waals surface area contributed by atoms with Gasteiger partial charge in [0, 0.05) is 16.6 Å². The largest absolute Gasteiger partial charge is 0.376 e. The third kappa shape index (κ3) is 4.96. The zero-order valence-corrected chi connectivity index (χ0v) is 22.3. The molecule has 3 N–H and O–H groups in total. The van der Waals surface area contributed by atoms with Gasteiger partial charge in [-0.25, -0.2) is 0 Å². The average Bonchev–Trinajstić information content (AvgIpc) is 3.49. The number of pyridine rings is 1. The number of aromatic nitrogens is 1. The van der Waals surface area contributed by atoms with Crippen LogP contribution in [0.25, 0.3) is 0 Å². The van der Waals surface area contributed by atoms with Crippen LogP contribution in [0.3, 0.4) is 0 Å². The fourth-order valence-electron chi connectivity index (χ4n) is 6.09. The highest BCUT2D eigenvalue weighted by Crippen LogP contribution is 2.66. The molecule has 7 nitrogen and oxygen atoms in total. The van der Waals surface area contributed by atoms with E-state index in [-0.39, 0.29) is 28.8 Å². The maximum Gasteiger partial charge on any atom is 0.262 e. The highest BCUT2D eigenvalue weighted by Gasteiger charge is 2.69. The zero-order chi connectivity index (χ0) is 25.5. The Morgan fingerprint density at radius 1 is 1.28 bits per heavy atom. The summed E-state index contributed by atoms with van der Waals surface area (Å²) in [7, 11) is 0. The molecule has 4 aliphatic rings. The Bertz CT molecular complexity index is 1200. The van der Waals surface area contributed by atoms with Crippen LogP contribution in [0.5, 0.6) is 0 Å². The number of aryl methyl sites for hydroxylation is 1. The third-order valence-corrected chi connectivity index (χ3v) is 9.50. The molecule has 0 saturated heterocycles. The molecule has 2 amide bonds. The Hall–Kier alpha value is -2.63. The van der Waals surface area contributed by atoms with Gasteiger partial charge in [-0.2, -0.15) is 5.26 Å². The van der Waals surface area contributed by atoms with E-state index >= 15 is 0 Å². The predicted molar refractivity (Wildman–Crippen MR) is 141 cm³/mol. The third-order valence-electron chi connectivity index (χ3n) is 8.02. The van der Waals surface area contributed by atoms with E-state index in [9.17, 15) is 14.9 Å². The molecule has 36 heavy (non-hydrogen) atoms. The number of hydrogen-bond acceptors (Lipinski definition) is 6. The Kier molecular flexibility index (Phi) is 6.73. The van der Waals surface area contributed by atoms with Gasteiger partial charge in [0.15, 0.2) is 0 Å². The Balaban J connectivity index is 1.23. The van der Waals surface area contributed by atoms with Crippen LogP contribution in [0.2, 0.25) is 5.02 Å². The highest BCUT2D eigenvalue weighted by atomic mass is 35.5. The van der Waals surface area contributed by atoms with Crippen LogP contribution in [-0.2, 0) is 4.79 Å². The summed E-state index contributed by atoms with van der Waals surface area (Å²) < 4.78 is 0. The van der Waals surface area contributed by atoms with Crippen molar-refractivity contribution in [3.63, 3.8) is 0 Å². The molecule has 0 aliphatic heterocycles. The van der Waals surface area contributed by atoms with E-state index in [4.69, 9.17) is 11.6 Å². The van der Waals surface area contributed by atoms with Gasteiger partial charge < -0.3 is 16.0 Å². The van der Waals surface area contributed by atoms with Gasteiger partial charge in [-0.15, -0.1) is 11.3 Å². The maximum absolute atomic E-state index is 13.3. The number of halogens is 1. The molecule has 2 aromatic rings. The molecule has 4 fully saturated rings. The van der Waals surface area contributed by atoms with E-state index < -0.39 is 6.04 Å². The van der Waals surface area contributed by atoms with Crippen LogP contribution in [0.15, 0.2) is 24.4 Å². The van der Waals surface area contributed by atoms with Crippen molar-refractivity contribution in [2.75, 3.05) is 5.32 Å². The van der Waals surface area contributed by atoms with Crippen LogP contribution < -0.4 is 16.0 Å². The fraction of sp³-hybridized carbons (Fsp3) is 0.556. The molecule has 9 heteroatoms. The molecule has 0 radical (unpaired) electrons. The molecule has 2 unspecified atom stereocenters. The minimum atomic E-state index is -0.561. The van der Waals surface area contributed by atoms with Gasteiger partial charge in [0.25, 0.3) is 5.91 Å². The number of hydrogen-bond donors (Lipinski definition) is 3. The van der Waals surface area contributed by atoms with Gasteiger partial charge in [-0.1, -0.05) is 37.3 Å². The van der Waals surface area contributed by atoms with Gasteiger partial charge in [-0.3, -0.25) is 14.6 Å². The first-order valence-electron chi connectivity index (χ1n) is 12.7. The molecule has 2 bridgehead atoms. The summed E-state index contributed by atoms with van der Waals surface area (Å²) in [4.78, 5) is 32.4. The van der Waals surface area contributed by atoms with E-state index in [1.165, 1.54) is 24.2 Å². The van der Waals surface area contributed by atoms with Gasteiger partial charge in [-0.05, 0) is 63.6 Å². The van der Waals surface area contributed by atoms with Crippen molar-refractivity contribution in [1.82, 2.24) is 15.6 Å². The molecule has 2 atom stereocenters. The second-order valence-corrected chi connectivity index (χ2v) is 12.5. The average molecular weight is 526 g/mol. The first-order valence-corrected chi connectivity index (χ1v) is 13.9. The molecule has 2 aromatic heterocycles. The Labute approximate surface area is 221 Å². The van der Waals surface area contributed by atoms with Crippen molar-refractivity contribution in [2.24, 2.45) is 11.3 Å². The number of rotatable bonds is 9. The lowest BCUT2D eigenvalue weighted by atomic mass is 9.40. The monoisotopic (exact) mass is 525 g/mol. The number of anilines is 1.